The van der Waals surface area contributed by atoms with Gasteiger partial charge in [-0.2, -0.15) is 0 Å². The van der Waals surface area contributed by atoms with Crippen LogP contribution < -0.4 is 10.6 Å². The van der Waals surface area contributed by atoms with E-state index < -0.39 is 4.92 Å². The number of hydrogen-bond acceptors (Lipinski definition) is 5. The summed E-state index contributed by atoms with van der Waals surface area (Å²) in [6.45, 7) is 8.96. The Morgan fingerprint density at radius 1 is 1.16 bits per heavy atom. The smallest absolute Gasteiger partial charge is 0.269 e. The SMILES string of the molecule is Cc1cc(C)c(C2(C)CC(c3csc(NC(=S)Nc4ccc([N+](=O)[O-])cc4)n3)C2)c(C)c1. The Hall–Kier alpha value is -2.84. The van der Waals surface area contributed by atoms with Gasteiger partial charge in [-0.25, -0.2) is 4.98 Å². The predicted molar refractivity (Wildman–Crippen MR) is 135 cm³/mol. The monoisotopic (exact) mass is 466 g/mol. The highest BCUT2D eigenvalue weighted by molar-refractivity contribution is 7.80. The van der Waals surface area contributed by atoms with Gasteiger partial charge in [0.15, 0.2) is 10.2 Å². The van der Waals surface area contributed by atoms with E-state index in [1.54, 1.807) is 12.1 Å². The number of nitrogens with zero attached hydrogens (tertiary/aromatic N) is 2. The first-order valence-electron chi connectivity index (χ1n) is 10.5. The number of nitro benzene ring substituents is 1. The normalized spacial score (nSPS) is 19.8. The number of benzene rings is 2. The fourth-order valence-electron chi connectivity index (χ4n) is 5.03. The van der Waals surface area contributed by atoms with E-state index >= 15 is 0 Å². The molecule has 6 nitrogen and oxygen atoms in total. The Morgan fingerprint density at radius 2 is 1.78 bits per heavy atom. The van der Waals surface area contributed by atoms with Crippen LogP contribution in [-0.2, 0) is 5.41 Å². The Morgan fingerprint density at radius 3 is 2.38 bits per heavy atom. The van der Waals surface area contributed by atoms with E-state index in [0.29, 0.717) is 16.7 Å². The number of thiocarbonyl (C=S) groups is 1. The molecule has 8 heteroatoms. The van der Waals surface area contributed by atoms with Crippen molar-refractivity contribution in [1.29, 1.82) is 0 Å². The number of thiazole rings is 1. The molecular formula is C24H26N4O2S2. The van der Waals surface area contributed by atoms with Crippen molar-refractivity contribution in [2.75, 3.05) is 10.6 Å². The number of nitro groups is 1. The molecule has 3 aromatic rings. The van der Waals surface area contributed by atoms with E-state index in [-0.39, 0.29) is 11.1 Å². The van der Waals surface area contributed by atoms with Crippen molar-refractivity contribution in [1.82, 2.24) is 4.98 Å². The molecule has 0 amide bonds. The fraction of sp³-hybridized carbons (Fsp3) is 0.333. The Balaban J connectivity index is 1.37. The van der Waals surface area contributed by atoms with Crippen molar-refractivity contribution >= 4 is 45.2 Å². The maximum Gasteiger partial charge on any atom is 0.269 e. The van der Waals surface area contributed by atoms with Gasteiger partial charge in [-0.15, -0.1) is 11.3 Å². The summed E-state index contributed by atoms with van der Waals surface area (Å²) in [7, 11) is 0. The average molecular weight is 467 g/mol. The number of nitrogens with one attached hydrogen (secondary N) is 2. The van der Waals surface area contributed by atoms with E-state index in [9.17, 15) is 10.1 Å². The van der Waals surface area contributed by atoms with Crippen molar-refractivity contribution in [2.45, 2.75) is 51.9 Å². The van der Waals surface area contributed by atoms with Crippen LogP contribution in [-0.4, -0.2) is 15.0 Å². The lowest BCUT2D eigenvalue weighted by Crippen LogP contribution is -2.38. The Bertz CT molecular complexity index is 1160. The summed E-state index contributed by atoms with van der Waals surface area (Å²) in [5.41, 5.74) is 7.59. The molecule has 1 aliphatic rings. The van der Waals surface area contributed by atoms with Gasteiger partial charge < -0.3 is 10.6 Å². The van der Waals surface area contributed by atoms with Crippen LogP contribution in [0.5, 0.6) is 0 Å². The summed E-state index contributed by atoms with van der Waals surface area (Å²) >= 11 is 6.91. The van der Waals surface area contributed by atoms with Gasteiger partial charge in [0.25, 0.3) is 5.69 Å². The summed E-state index contributed by atoms with van der Waals surface area (Å²) in [6.07, 6.45) is 2.18. The van der Waals surface area contributed by atoms with Gasteiger partial charge in [0.2, 0.25) is 0 Å². The van der Waals surface area contributed by atoms with E-state index in [2.05, 4.69) is 55.8 Å². The van der Waals surface area contributed by atoms with Gasteiger partial charge in [-0.05, 0) is 80.1 Å². The first kappa shape index (κ1) is 22.4. The molecule has 0 spiro atoms. The molecule has 2 N–H and O–H groups in total. The molecule has 2 aromatic carbocycles. The zero-order valence-electron chi connectivity index (χ0n) is 18.6. The average Bonchev–Trinajstić information content (AvgIpc) is 3.13. The first-order valence-corrected chi connectivity index (χ1v) is 11.8. The van der Waals surface area contributed by atoms with Crippen LogP contribution in [0.4, 0.5) is 16.5 Å². The van der Waals surface area contributed by atoms with Crippen molar-refractivity contribution in [3.63, 3.8) is 0 Å². The summed E-state index contributed by atoms with van der Waals surface area (Å²) < 4.78 is 0. The van der Waals surface area contributed by atoms with Crippen LogP contribution in [0.1, 0.15) is 53.6 Å². The highest BCUT2D eigenvalue weighted by atomic mass is 32.1. The molecule has 0 radical (unpaired) electrons. The number of anilines is 2. The maximum atomic E-state index is 10.8. The Labute approximate surface area is 197 Å². The number of non-ortho nitro benzene ring substituents is 1. The second-order valence-electron chi connectivity index (χ2n) is 8.90. The number of hydrogen-bond donors (Lipinski definition) is 2. The third kappa shape index (κ3) is 4.52. The summed E-state index contributed by atoms with van der Waals surface area (Å²) in [4.78, 5) is 15.1. The van der Waals surface area contributed by atoms with Crippen molar-refractivity contribution in [3.8, 4) is 0 Å². The lowest BCUT2D eigenvalue weighted by Gasteiger charge is -2.47. The molecule has 0 bridgehead atoms. The molecule has 1 heterocycles. The molecule has 1 fully saturated rings. The number of rotatable bonds is 5. The minimum absolute atomic E-state index is 0.0440. The van der Waals surface area contributed by atoms with Gasteiger partial charge in [0.05, 0.1) is 10.6 Å². The molecule has 166 valence electrons. The van der Waals surface area contributed by atoms with Crippen molar-refractivity contribution < 1.29 is 4.92 Å². The van der Waals surface area contributed by atoms with Crippen molar-refractivity contribution in [3.05, 3.63) is 79.8 Å². The van der Waals surface area contributed by atoms with Crippen LogP contribution >= 0.6 is 23.6 Å². The van der Waals surface area contributed by atoms with E-state index in [1.807, 2.05) is 0 Å². The van der Waals surface area contributed by atoms with E-state index in [0.717, 1.165) is 23.7 Å². The van der Waals surface area contributed by atoms with Gasteiger partial charge in [-0.1, -0.05) is 24.6 Å². The second-order valence-corrected chi connectivity index (χ2v) is 10.2. The molecular weight excluding hydrogens is 440 g/mol. The lowest BCUT2D eigenvalue weighted by atomic mass is 9.57. The molecule has 0 atom stereocenters. The van der Waals surface area contributed by atoms with Crippen LogP contribution in [0.15, 0.2) is 41.8 Å². The standard InChI is InChI=1S/C24H26N4O2S2/c1-14-9-15(2)21(16(3)10-14)24(4)11-17(12-24)20-13-32-23(26-20)27-22(31)25-18-5-7-19(8-6-18)28(29)30/h5-10,13,17H,11-12H2,1-4H3,(H2,25,26,27,31). The number of aromatic nitrogens is 1. The third-order valence-electron chi connectivity index (χ3n) is 6.17. The zero-order chi connectivity index (χ0) is 23.0. The molecule has 0 unspecified atom stereocenters. The van der Waals surface area contributed by atoms with E-state index in [4.69, 9.17) is 17.2 Å². The van der Waals surface area contributed by atoms with Gasteiger partial charge in [0.1, 0.15) is 0 Å². The first-order chi connectivity index (χ1) is 15.1. The molecule has 1 saturated carbocycles. The molecule has 0 saturated heterocycles. The predicted octanol–water partition coefficient (Wildman–Crippen LogP) is 6.62. The minimum Gasteiger partial charge on any atom is -0.332 e. The van der Waals surface area contributed by atoms with Gasteiger partial charge in [0, 0.05) is 29.1 Å². The van der Waals surface area contributed by atoms with E-state index in [1.165, 1.54) is 45.7 Å². The largest absolute Gasteiger partial charge is 0.332 e. The van der Waals surface area contributed by atoms with Crippen LogP contribution in [0.3, 0.4) is 0 Å². The molecule has 4 rings (SSSR count). The molecule has 0 aliphatic heterocycles. The minimum atomic E-state index is -0.426. The van der Waals surface area contributed by atoms with Crippen LogP contribution in [0, 0.1) is 30.9 Å². The van der Waals surface area contributed by atoms with Crippen molar-refractivity contribution in [2.24, 2.45) is 0 Å². The quantitative estimate of drug-likeness (QED) is 0.250. The fourth-order valence-corrected chi connectivity index (χ4v) is 6.11. The second kappa shape index (κ2) is 8.60. The topological polar surface area (TPSA) is 80.1 Å². The summed E-state index contributed by atoms with van der Waals surface area (Å²) in [6, 6.07) is 10.7. The van der Waals surface area contributed by atoms with Crippen LogP contribution in [0.2, 0.25) is 0 Å². The number of aryl methyl sites for hydroxylation is 3. The lowest BCUT2D eigenvalue weighted by molar-refractivity contribution is -0.384. The van der Waals surface area contributed by atoms with Gasteiger partial charge >= 0.3 is 0 Å². The van der Waals surface area contributed by atoms with Crippen LogP contribution in [0.25, 0.3) is 0 Å². The van der Waals surface area contributed by atoms with Gasteiger partial charge in [-0.3, -0.25) is 10.1 Å². The molecule has 1 aromatic heterocycles. The third-order valence-corrected chi connectivity index (χ3v) is 7.15. The highest BCUT2D eigenvalue weighted by Crippen LogP contribution is 2.54. The molecule has 32 heavy (non-hydrogen) atoms. The zero-order valence-corrected chi connectivity index (χ0v) is 20.2. The highest BCUT2D eigenvalue weighted by Gasteiger charge is 2.44. The maximum absolute atomic E-state index is 10.8. The molecule has 1 aliphatic carbocycles. The Kier molecular flexibility index (Phi) is 6.01. The summed E-state index contributed by atoms with van der Waals surface area (Å²) in [5, 5.41) is 20.2. The summed E-state index contributed by atoms with van der Waals surface area (Å²) in [5.74, 6) is 0.447.